The largest absolute Gasteiger partial charge is 0.463 e. The highest BCUT2D eigenvalue weighted by atomic mass is 16.5. The second-order valence-corrected chi connectivity index (χ2v) is 4.66. The molecule has 0 fully saturated rings. The molecule has 3 nitrogen and oxygen atoms in total. The van der Waals surface area contributed by atoms with Crippen LogP contribution in [0.5, 0.6) is 0 Å². The van der Waals surface area contributed by atoms with Crippen molar-refractivity contribution in [1.29, 1.82) is 0 Å². The van der Waals surface area contributed by atoms with Crippen molar-refractivity contribution < 1.29 is 9.53 Å². The lowest BCUT2D eigenvalue weighted by atomic mass is 10.0. The van der Waals surface area contributed by atoms with Gasteiger partial charge >= 0.3 is 5.97 Å². The number of carbonyl (C=O) groups is 1. The Kier molecular flexibility index (Phi) is 7.66. The number of benzene rings is 1. The van der Waals surface area contributed by atoms with E-state index in [9.17, 15) is 4.79 Å². The van der Waals surface area contributed by atoms with Crippen LogP contribution in [0.25, 0.3) is 0 Å². The summed E-state index contributed by atoms with van der Waals surface area (Å²) >= 11 is 0. The van der Waals surface area contributed by atoms with Crippen LogP contribution in [0.3, 0.4) is 0 Å². The molecular formula is C17H25NO2. The van der Waals surface area contributed by atoms with Crippen molar-refractivity contribution in [3.8, 4) is 0 Å². The van der Waals surface area contributed by atoms with Gasteiger partial charge in [-0.3, -0.25) is 4.90 Å². The van der Waals surface area contributed by atoms with E-state index in [1.54, 1.807) is 0 Å². The van der Waals surface area contributed by atoms with Gasteiger partial charge in [0.1, 0.15) is 0 Å². The van der Waals surface area contributed by atoms with Gasteiger partial charge in [0.15, 0.2) is 0 Å². The molecule has 1 unspecified atom stereocenters. The lowest BCUT2D eigenvalue weighted by molar-refractivity contribution is -0.137. The first-order valence-electron chi connectivity index (χ1n) is 7.31. The number of ether oxygens (including phenoxy) is 1. The van der Waals surface area contributed by atoms with Crippen LogP contribution in [-0.2, 0) is 9.53 Å². The Morgan fingerprint density at radius 1 is 1.30 bits per heavy atom. The number of hydrogen-bond donors (Lipinski definition) is 0. The highest BCUT2D eigenvalue weighted by Gasteiger charge is 2.17. The maximum absolute atomic E-state index is 11.0. The average Bonchev–Trinajstić information content (AvgIpc) is 2.51. The van der Waals surface area contributed by atoms with E-state index in [1.165, 1.54) is 11.6 Å². The number of carbonyl (C=O) groups excluding carboxylic acids is 1. The monoisotopic (exact) mass is 275 g/mol. The Morgan fingerprint density at radius 2 is 1.95 bits per heavy atom. The van der Waals surface area contributed by atoms with E-state index in [2.05, 4.69) is 49.6 Å². The number of hydrogen-bond acceptors (Lipinski definition) is 3. The molecule has 0 heterocycles. The Balaban J connectivity index is 2.60. The summed E-state index contributed by atoms with van der Waals surface area (Å²) in [7, 11) is 0. The summed E-state index contributed by atoms with van der Waals surface area (Å²) in [5.41, 5.74) is 1.33. The third kappa shape index (κ3) is 5.17. The van der Waals surface area contributed by atoms with Crippen molar-refractivity contribution in [2.24, 2.45) is 0 Å². The maximum Gasteiger partial charge on any atom is 0.330 e. The number of esters is 1. The highest BCUT2D eigenvalue weighted by molar-refractivity contribution is 5.81. The van der Waals surface area contributed by atoms with E-state index in [1.807, 2.05) is 6.07 Å². The third-order valence-corrected chi connectivity index (χ3v) is 3.47. The van der Waals surface area contributed by atoms with Gasteiger partial charge in [-0.25, -0.2) is 4.79 Å². The van der Waals surface area contributed by atoms with Crippen LogP contribution >= 0.6 is 0 Å². The van der Waals surface area contributed by atoms with Crippen LogP contribution in [0.2, 0.25) is 0 Å². The van der Waals surface area contributed by atoms with Gasteiger partial charge in [-0.05, 0) is 31.5 Å². The van der Waals surface area contributed by atoms with Crippen LogP contribution < -0.4 is 0 Å². The first-order chi connectivity index (χ1) is 9.72. The van der Waals surface area contributed by atoms with Crippen LogP contribution in [0.15, 0.2) is 43.0 Å². The van der Waals surface area contributed by atoms with Gasteiger partial charge in [0.25, 0.3) is 0 Å². The van der Waals surface area contributed by atoms with Gasteiger partial charge in [0.2, 0.25) is 0 Å². The topological polar surface area (TPSA) is 29.5 Å². The van der Waals surface area contributed by atoms with Crippen LogP contribution in [0, 0.1) is 0 Å². The second-order valence-electron chi connectivity index (χ2n) is 4.66. The lowest BCUT2D eigenvalue weighted by Gasteiger charge is -2.30. The molecule has 0 bridgehead atoms. The van der Waals surface area contributed by atoms with E-state index in [0.717, 1.165) is 25.9 Å². The van der Waals surface area contributed by atoms with Crippen LogP contribution in [0.1, 0.15) is 38.3 Å². The molecule has 0 aliphatic carbocycles. The normalized spacial score (nSPS) is 12.2. The fraction of sp³-hybridized carbons (Fsp3) is 0.471. The Labute approximate surface area is 122 Å². The summed E-state index contributed by atoms with van der Waals surface area (Å²) in [6.07, 6.45) is 3.05. The van der Waals surface area contributed by atoms with E-state index >= 15 is 0 Å². The summed E-state index contributed by atoms with van der Waals surface area (Å²) < 4.78 is 5.05. The molecule has 0 saturated carbocycles. The van der Waals surface area contributed by atoms with E-state index in [4.69, 9.17) is 4.74 Å². The Bertz CT molecular complexity index is 399. The molecule has 1 aromatic rings. The van der Waals surface area contributed by atoms with Crippen molar-refractivity contribution in [2.45, 2.75) is 32.7 Å². The fourth-order valence-corrected chi connectivity index (χ4v) is 2.41. The molecule has 0 aliphatic heterocycles. The summed E-state index contributed by atoms with van der Waals surface area (Å²) in [6, 6.07) is 10.9. The van der Waals surface area contributed by atoms with E-state index in [-0.39, 0.29) is 5.97 Å². The van der Waals surface area contributed by atoms with Crippen LogP contribution in [-0.4, -0.2) is 30.6 Å². The number of nitrogens with zero attached hydrogens (tertiary/aromatic N) is 1. The standard InChI is InChI=1S/C17H25NO2/c1-4-17(19)20-14-10-13-16(18(5-2)6-3)15-11-8-7-9-12-15/h4,7-9,11-12,16H,1,5-6,10,13-14H2,2-3H3. The lowest BCUT2D eigenvalue weighted by Crippen LogP contribution is -2.28. The third-order valence-electron chi connectivity index (χ3n) is 3.47. The SMILES string of the molecule is C=CC(=O)OCCCC(c1ccccc1)N(CC)CC. The minimum absolute atomic E-state index is 0.343. The highest BCUT2D eigenvalue weighted by Crippen LogP contribution is 2.25. The fourth-order valence-electron chi connectivity index (χ4n) is 2.41. The quantitative estimate of drug-likeness (QED) is 0.392. The van der Waals surface area contributed by atoms with Gasteiger partial charge in [0, 0.05) is 12.1 Å². The first kappa shape index (κ1) is 16.4. The molecule has 0 saturated heterocycles. The molecule has 20 heavy (non-hydrogen) atoms. The smallest absolute Gasteiger partial charge is 0.330 e. The molecule has 0 amide bonds. The van der Waals surface area contributed by atoms with Crippen molar-refractivity contribution >= 4 is 5.97 Å². The maximum atomic E-state index is 11.0. The molecule has 1 rings (SSSR count). The van der Waals surface area contributed by atoms with Gasteiger partial charge in [-0.15, -0.1) is 0 Å². The summed E-state index contributed by atoms with van der Waals surface area (Å²) in [5.74, 6) is -0.343. The molecular weight excluding hydrogens is 250 g/mol. The second kappa shape index (κ2) is 9.32. The zero-order valence-corrected chi connectivity index (χ0v) is 12.5. The molecule has 0 N–H and O–H groups in total. The molecule has 3 heteroatoms. The van der Waals surface area contributed by atoms with Crippen molar-refractivity contribution in [1.82, 2.24) is 4.90 Å². The minimum Gasteiger partial charge on any atom is -0.463 e. The van der Waals surface area contributed by atoms with Crippen molar-refractivity contribution in [3.05, 3.63) is 48.6 Å². The van der Waals surface area contributed by atoms with E-state index < -0.39 is 0 Å². The van der Waals surface area contributed by atoms with Crippen LogP contribution in [0.4, 0.5) is 0 Å². The molecule has 1 atom stereocenters. The zero-order valence-electron chi connectivity index (χ0n) is 12.5. The summed E-state index contributed by atoms with van der Waals surface area (Å²) in [6.45, 7) is 10.2. The predicted octanol–water partition coefficient (Wildman–Crippen LogP) is 3.58. The van der Waals surface area contributed by atoms with Gasteiger partial charge in [-0.1, -0.05) is 50.8 Å². The van der Waals surface area contributed by atoms with E-state index in [0.29, 0.717) is 12.6 Å². The molecule has 0 radical (unpaired) electrons. The Hall–Kier alpha value is -1.61. The molecule has 0 aromatic heterocycles. The molecule has 0 aliphatic rings. The molecule has 110 valence electrons. The number of rotatable bonds is 9. The minimum atomic E-state index is -0.343. The molecule has 1 aromatic carbocycles. The van der Waals surface area contributed by atoms with Crippen molar-refractivity contribution in [2.75, 3.05) is 19.7 Å². The summed E-state index contributed by atoms with van der Waals surface area (Å²) in [5, 5.41) is 0. The van der Waals surface area contributed by atoms with Gasteiger partial charge in [-0.2, -0.15) is 0 Å². The van der Waals surface area contributed by atoms with Gasteiger partial charge < -0.3 is 4.74 Å². The average molecular weight is 275 g/mol. The summed E-state index contributed by atoms with van der Waals surface area (Å²) in [4.78, 5) is 13.5. The van der Waals surface area contributed by atoms with Crippen molar-refractivity contribution in [3.63, 3.8) is 0 Å². The predicted molar refractivity (Wildman–Crippen MR) is 82.5 cm³/mol. The first-order valence-corrected chi connectivity index (χ1v) is 7.31. The molecule has 0 spiro atoms. The zero-order chi connectivity index (χ0) is 14.8. The Morgan fingerprint density at radius 3 is 2.50 bits per heavy atom. The van der Waals surface area contributed by atoms with Gasteiger partial charge in [0.05, 0.1) is 6.61 Å².